The Bertz CT molecular complexity index is 782. The number of hydroxylamine groups is 3. The maximum Gasteiger partial charge on any atom is 0.407 e. The summed E-state index contributed by atoms with van der Waals surface area (Å²) < 4.78 is 5.11. The molecule has 0 saturated carbocycles. The zero-order valence-corrected chi connectivity index (χ0v) is 18.1. The number of nitrogens with zero attached hydrogens (tertiary/aromatic N) is 2. The second kappa shape index (κ2) is 9.97. The Morgan fingerprint density at radius 2 is 1.90 bits per heavy atom. The zero-order chi connectivity index (χ0) is 22.4. The summed E-state index contributed by atoms with van der Waals surface area (Å²) in [4.78, 5) is 49.2. The normalized spacial score (nSPS) is 20.5. The Labute approximate surface area is 181 Å². The molecular formula is C21H30N4O6. The van der Waals surface area contributed by atoms with Crippen LogP contribution < -0.4 is 10.8 Å². The number of carbonyl (C=O) groups excluding carboxylic acids is 3. The molecule has 2 unspecified atom stereocenters. The highest BCUT2D eigenvalue weighted by Crippen LogP contribution is 2.30. The summed E-state index contributed by atoms with van der Waals surface area (Å²) in [6.45, 7) is 6.28. The Morgan fingerprint density at radius 1 is 1.16 bits per heavy atom. The lowest BCUT2D eigenvalue weighted by Crippen LogP contribution is -2.50. The monoisotopic (exact) mass is 434 g/mol. The summed E-state index contributed by atoms with van der Waals surface area (Å²) in [5.74, 6) is -0.394. The van der Waals surface area contributed by atoms with Gasteiger partial charge in [-0.25, -0.2) is 15.1 Å². The van der Waals surface area contributed by atoms with Gasteiger partial charge < -0.3 is 15.0 Å². The first-order chi connectivity index (χ1) is 14.7. The van der Waals surface area contributed by atoms with Crippen molar-refractivity contribution in [1.82, 2.24) is 20.8 Å². The maximum absolute atomic E-state index is 12.7. The fourth-order valence-corrected chi connectivity index (χ4v) is 3.50. The quantitative estimate of drug-likeness (QED) is 0.478. The Balaban J connectivity index is 1.40. The van der Waals surface area contributed by atoms with Crippen molar-refractivity contribution in [3.8, 4) is 0 Å². The number of hydrogen-bond acceptors (Lipinski definition) is 6. The lowest BCUT2D eigenvalue weighted by molar-refractivity contribution is -0.141. The molecule has 1 aromatic carbocycles. The summed E-state index contributed by atoms with van der Waals surface area (Å²) in [6, 6.07) is 8.60. The minimum absolute atomic E-state index is 0.0700. The molecule has 2 heterocycles. The molecule has 0 aliphatic carbocycles. The molecule has 10 nitrogen and oxygen atoms in total. The van der Waals surface area contributed by atoms with E-state index in [2.05, 4.69) is 10.8 Å². The molecule has 2 bridgehead atoms. The van der Waals surface area contributed by atoms with E-state index in [1.54, 1.807) is 20.8 Å². The van der Waals surface area contributed by atoms with Crippen molar-refractivity contribution in [2.24, 2.45) is 0 Å². The third-order valence-corrected chi connectivity index (χ3v) is 4.88. The van der Waals surface area contributed by atoms with Gasteiger partial charge >= 0.3 is 12.1 Å². The average Bonchev–Trinajstić information content (AvgIpc) is 2.95. The van der Waals surface area contributed by atoms with E-state index >= 15 is 0 Å². The zero-order valence-electron chi connectivity index (χ0n) is 18.1. The second-order valence-corrected chi connectivity index (χ2v) is 8.51. The van der Waals surface area contributed by atoms with E-state index in [1.807, 2.05) is 30.3 Å². The molecule has 2 N–H and O–H groups in total. The molecule has 0 radical (unpaired) electrons. The van der Waals surface area contributed by atoms with Gasteiger partial charge in [0.05, 0.1) is 12.6 Å². The second-order valence-electron chi connectivity index (χ2n) is 8.51. The Morgan fingerprint density at radius 3 is 2.61 bits per heavy atom. The highest BCUT2D eigenvalue weighted by Gasteiger charge is 2.48. The summed E-state index contributed by atoms with van der Waals surface area (Å²) in [5, 5.41) is 3.92. The van der Waals surface area contributed by atoms with Crippen LogP contribution in [-0.4, -0.2) is 65.4 Å². The van der Waals surface area contributed by atoms with Crippen LogP contribution in [0.4, 0.5) is 9.59 Å². The molecule has 0 aromatic heterocycles. The van der Waals surface area contributed by atoms with E-state index in [0.717, 1.165) is 5.56 Å². The topological polar surface area (TPSA) is 109 Å². The van der Waals surface area contributed by atoms with E-state index in [4.69, 9.17) is 14.4 Å². The number of piperidine rings is 1. The number of fused-ring (bicyclic) bond motifs is 2. The molecule has 4 amide bonds. The lowest BCUT2D eigenvalue weighted by atomic mass is 10.0. The van der Waals surface area contributed by atoms with Gasteiger partial charge in [-0.15, -0.1) is 0 Å². The van der Waals surface area contributed by atoms with Gasteiger partial charge in [-0.2, -0.15) is 5.06 Å². The number of ether oxygens (including phenoxy) is 1. The van der Waals surface area contributed by atoms with Crippen LogP contribution >= 0.6 is 0 Å². The van der Waals surface area contributed by atoms with Crippen LogP contribution in [0.3, 0.4) is 0 Å². The van der Waals surface area contributed by atoms with Crippen LogP contribution in [0.2, 0.25) is 0 Å². The lowest BCUT2D eigenvalue weighted by Gasteiger charge is -2.29. The highest BCUT2D eigenvalue weighted by molar-refractivity contribution is 5.88. The molecule has 2 saturated heterocycles. The summed E-state index contributed by atoms with van der Waals surface area (Å²) in [7, 11) is 0. The van der Waals surface area contributed by atoms with Crippen LogP contribution in [0, 0.1) is 0 Å². The van der Waals surface area contributed by atoms with Gasteiger partial charge in [0, 0.05) is 13.1 Å². The predicted molar refractivity (Wildman–Crippen MR) is 110 cm³/mol. The van der Waals surface area contributed by atoms with Gasteiger partial charge in [0.2, 0.25) is 0 Å². The number of alkyl carbamates (subject to hydrolysis) is 1. The number of nitrogens with one attached hydrogen (secondary N) is 2. The van der Waals surface area contributed by atoms with Crippen molar-refractivity contribution in [3.63, 3.8) is 0 Å². The minimum Gasteiger partial charge on any atom is -0.444 e. The molecule has 2 atom stereocenters. The summed E-state index contributed by atoms with van der Waals surface area (Å²) in [6.07, 6.45) is 0.626. The number of benzene rings is 1. The first kappa shape index (κ1) is 22.8. The van der Waals surface area contributed by atoms with Gasteiger partial charge in [0.25, 0.3) is 5.91 Å². The van der Waals surface area contributed by atoms with Crippen LogP contribution in [0.15, 0.2) is 30.3 Å². The molecule has 1 aromatic rings. The SMILES string of the molecule is CC(C)(C)OC(=O)NCCONC(=O)C1CCC2CN1C(=O)N2OCc1ccccc1. The van der Waals surface area contributed by atoms with Crippen LogP contribution in [0.25, 0.3) is 0 Å². The van der Waals surface area contributed by atoms with Gasteiger partial charge in [-0.05, 0) is 39.2 Å². The molecule has 10 heteroatoms. The predicted octanol–water partition coefficient (Wildman–Crippen LogP) is 1.96. The van der Waals surface area contributed by atoms with Crippen molar-refractivity contribution in [3.05, 3.63) is 35.9 Å². The number of urea groups is 1. The van der Waals surface area contributed by atoms with Crippen molar-refractivity contribution in [1.29, 1.82) is 0 Å². The molecule has 170 valence electrons. The van der Waals surface area contributed by atoms with Crippen LogP contribution in [0.1, 0.15) is 39.2 Å². The Kier molecular flexibility index (Phi) is 7.34. The molecule has 31 heavy (non-hydrogen) atoms. The fourth-order valence-electron chi connectivity index (χ4n) is 3.50. The molecular weight excluding hydrogens is 404 g/mol. The largest absolute Gasteiger partial charge is 0.444 e. The highest BCUT2D eigenvalue weighted by atomic mass is 16.7. The maximum atomic E-state index is 12.7. The van der Waals surface area contributed by atoms with Crippen LogP contribution in [-0.2, 0) is 25.8 Å². The van der Waals surface area contributed by atoms with Gasteiger partial charge in [-0.1, -0.05) is 30.3 Å². The molecule has 0 spiro atoms. The van der Waals surface area contributed by atoms with Crippen molar-refractivity contribution in [2.45, 2.75) is 57.9 Å². The van der Waals surface area contributed by atoms with Gasteiger partial charge in [0.1, 0.15) is 18.2 Å². The number of amides is 4. The third kappa shape index (κ3) is 6.31. The number of carbonyl (C=O) groups is 3. The van der Waals surface area contributed by atoms with Crippen LogP contribution in [0.5, 0.6) is 0 Å². The van der Waals surface area contributed by atoms with E-state index < -0.39 is 23.6 Å². The summed E-state index contributed by atoms with van der Waals surface area (Å²) in [5.41, 5.74) is 2.75. The van der Waals surface area contributed by atoms with E-state index in [0.29, 0.717) is 26.0 Å². The minimum atomic E-state index is -0.618. The molecule has 2 fully saturated rings. The van der Waals surface area contributed by atoms with E-state index in [9.17, 15) is 14.4 Å². The van der Waals surface area contributed by atoms with Gasteiger partial charge in [-0.3, -0.25) is 14.5 Å². The Hall–Kier alpha value is -2.85. The summed E-state index contributed by atoms with van der Waals surface area (Å²) >= 11 is 0. The number of rotatable bonds is 8. The standard InChI is InChI=1S/C21H30N4O6/c1-21(2,3)31-19(27)22-11-12-29-23-18(26)17-10-9-16-13-24(17)20(28)25(16)30-14-15-7-5-4-6-8-15/h4-8,16-17H,9-14H2,1-3H3,(H,22,27)(H,23,26). The first-order valence-corrected chi connectivity index (χ1v) is 10.4. The number of hydrogen-bond donors (Lipinski definition) is 2. The van der Waals surface area contributed by atoms with Crippen molar-refractivity contribution >= 4 is 18.0 Å². The van der Waals surface area contributed by atoms with Gasteiger partial charge in [0.15, 0.2) is 0 Å². The molecule has 2 aliphatic heterocycles. The van der Waals surface area contributed by atoms with Crippen molar-refractivity contribution < 1.29 is 28.8 Å². The smallest absolute Gasteiger partial charge is 0.407 e. The third-order valence-electron chi connectivity index (χ3n) is 4.88. The van der Waals surface area contributed by atoms with Crippen molar-refractivity contribution in [2.75, 3.05) is 19.7 Å². The fraction of sp³-hybridized carbons (Fsp3) is 0.571. The molecule has 3 rings (SSSR count). The molecule has 2 aliphatic rings. The van der Waals surface area contributed by atoms with E-state index in [-0.39, 0.29) is 25.2 Å². The van der Waals surface area contributed by atoms with E-state index in [1.165, 1.54) is 9.96 Å². The average molecular weight is 434 g/mol. The first-order valence-electron chi connectivity index (χ1n) is 10.4.